The fourth-order valence-electron chi connectivity index (χ4n) is 1.47. The summed E-state index contributed by atoms with van der Waals surface area (Å²) < 4.78 is 16.5. The molecule has 0 saturated heterocycles. The van der Waals surface area contributed by atoms with Crippen molar-refractivity contribution in [2.24, 2.45) is 5.16 Å². The van der Waals surface area contributed by atoms with E-state index in [-0.39, 0.29) is 5.04 Å². The van der Waals surface area contributed by atoms with Gasteiger partial charge in [0.25, 0.3) is 8.32 Å². The number of hydrogen-bond donors (Lipinski definition) is 0. The zero-order valence-corrected chi connectivity index (χ0v) is 15.4. The summed E-state index contributed by atoms with van der Waals surface area (Å²) in [7, 11) is 1.38. The Bertz CT molecular complexity index is 519. The van der Waals surface area contributed by atoms with E-state index in [2.05, 4.69) is 39.0 Å². The number of oxime groups is 1. The normalized spacial score (nSPS) is 13.0. The predicted molar refractivity (Wildman–Crippen MR) is 90.0 cm³/mol. The van der Waals surface area contributed by atoms with Gasteiger partial charge in [-0.15, -0.1) is 5.16 Å². The van der Waals surface area contributed by atoms with Gasteiger partial charge in [0.15, 0.2) is 0 Å². The van der Waals surface area contributed by atoms with E-state index in [4.69, 9.17) is 14.0 Å². The molecule has 0 aliphatic heterocycles. The number of benzene rings is 1. The third-order valence-corrected chi connectivity index (χ3v) is 8.18. The van der Waals surface area contributed by atoms with Crippen LogP contribution >= 0.6 is 0 Å². The summed E-state index contributed by atoms with van der Waals surface area (Å²) >= 11 is 0. The molecule has 0 spiro atoms. The maximum atomic E-state index is 5.91. The third kappa shape index (κ3) is 4.23. The van der Waals surface area contributed by atoms with Gasteiger partial charge in [-0.2, -0.15) is 0 Å². The van der Waals surface area contributed by atoms with Gasteiger partial charge < -0.3 is 14.0 Å². The molecular formula is C16H27NO3Si. The average molecular weight is 309 g/mol. The van der Waals surface area contributed by atoms with E-state index in [0.29, 0.717) is 0 Å². The predicted octanol–water partition coefficient (Wildman–Crippen LogP) is 4.45. The average Bonchev–Trinajstić information content (AvgIpc) is 2.42. The third-order valence-electron chi connectivity index (χ3n) is 4.02. The van der Waals surface area contributed by atoms with Crippen molar-refractivity contribution >= 4 is 14.0 Å². The van der Waals surface area contributed by atoms with Crippen LogP contribution in [0.4, 0.5) is 0 Å². The summed E-state index contributed by atoms with van der Waals surface area (Å²) in [4.78, 5) is 0. The standard InChI is InChI=1S/C16H27NO3Si/c1-12(17-20-21(7,8)16(2,3)4)14-10-9-13(18-5)11-15(14)19-6/h9-11H,1-8H3/b17-12+. The van der Waals surface area contributed by atoms with Crippen LogP contribution in [0.1, 0.15) is 33.3 Å². The van der Waals surface area contributed by atoms with Crippen molar-refractivity contribution in [2.45, 2.75) is 45.8 Å². The second-order valence-electron chi connectivity index (χ2n) is 6.59. The van der Waals surface area contributed by atoms with E-state index >= 15 is 0 Å². The minimum absolute atomic E-state index is 0.126. The van der Waals surface area contributed by atoms with Crippen LogP contribution in [0.25, 0.3) is 0 Å². The van der Waals surface area contributed by atoms with Gasteiger partial charge in [-0.25, -0.2) is 0 Å². The summed E-state index contributed by atoms with van der Waals surface area (Å²) in [5.74, 6) is 1.49. The molecule has 1 rings (SSSR count). The molecule has 0 radical (unpaired) electrons. The lowest BCUT2D eigenvalue weighted by molar-refractivity contribution is 0.307. The van der Waals surface area contributed by atoms with Gasteiger partial charge in [0.2, 0.25) is 0 Å². The van der Waals surface area contributed by atoms with Crippen molar-refractivity contribution in [3.8, 4) is 11.5 Å². The molecule has 1 aromatic rings. The number of ether oxygens (including phenoxy) is 2. The van der Waals surface area contributed by atoms with Crippen LogP contribution in [0.3, 0.4) is 0 Å². The molecule has 0 aliphatic rings. The minimum atomic E-state index is -1.90. The van der Waals surface area contributed by atoms with E-state index < -0.39 is 8.32 Å². The molecule has 5 heteroatoms. The van der Waals surface area contributed by atoms with E-state index in [0.717, 1.165) is 22.8 Å². The zero-order valence-electron chi connectivity index (χ0n) is 14.4. The van der Waals surface area contributed by atoms with E-state index in [1.807, 2.05) is 25.1 Å². The van der Waals surface area contributed by atoms with Gasteiger partial charge in [0.05, 0.1) is 19.9 Å². The van der Waals surface area contributed by atoms with Gasteiger partial charge in [-0.05, 0) is 37.2 Å². The number of nitrogens with zero attached hydrogens (tertiary/aromatic N) is 1. The van der Waals surface area contributed by atoms with E-state index in [1.54, 1.807) is 14.2 Å². The number of methoxy groups -OCH3 is 2. The van der Waals surface area contributed by atoms with Crippen molar-refractivity contribution in [1.29, 1.82) is 0 Å². The fourth-order valence-corrected chi connectivity index (χ4v) is 2.11. The van der Waals surface area contributed by atoms with E-state index in [1.165, 1.54) is 0 Å². The smallest absolute Gasteiger partial charge is 0.286 e. The first-order valence-electron chi connectivity index (χ1n) is 7.07. The Morgan fingerprint density at radius 3 is 2.19 bits per heavy atom. The van der Waals surface area contributed by atoms with Gasteiger partial charge in [0.1, 0.15) is 11.5 Å². The Balaban J connectivity index is 3.03. The quantitative estimate of drug-likeness (QED) is 0.458. The van der Waals surface area contributed by atoms with Gasteiger partial charge in [0, 0.05) is 11.6 Å². The molecule has 21 heavy (non-hydrogen) atoms. The molecule has 0 aromatic heterocycles. The SMILES string of the molecule is COc1ccc(/C(C)=N/O[Si](C)(C)C(C)(C)C)c(OC)c1. The molecule has 0 aliphatic carbocycles. The summed E-state index contributed by atoms with van der Waals surface area (Å²) in [5, 5.41) is 4.48. The van der Waals surface area contributed by atoms with Crippen molar-refractivity contribution in [1.82, 2.24) is 0 Å². The first-order chi connectivity index (χ1) is 9.62. The second-order valence-corrected chi connectivity index (χ2v) is 11.3. The lowest BCUT2D eigenvalue weighted by atomic mass is 10.1. The highest BCUT2D eigenvalue weighted by molar-refractivity contribution is 6.74. The van der Waals surface area contributed by atoms with Crippen molar-refractivity contribution in [3.63, 3.8) is 0 Å². The molecular weight excluding hydrogens is 282 g/mol. The molecule has 118 valence electrons. The summed E-state index contributed by atoms with van der Waals surface area (Å²) in [6.07, 6.45) is 0. The topological polar surface area (TPSA) is 40.0 Å². The summed E-state index contributed by atoms with van der Waals surface area (Å²) in [5.41, 5.74) is 1.72. The Labute approximate surface area is 129 Å². The molecule has 0 amide bonds. The molecule has 0 N–H and O–H groups in total. The van der Waals surface area contributed by atoms with Gasteiger partial charge in [-0.1, -0.05) is 20.8 Å². The molecule has 0 unspecified atom stereocenters. The fraction of sp³-hybridized carbons (Fsp3) is 0.562. The Kier molecular flexibility index (Phi) is 5.45. The van der Waals surface area contributed by atoms with Gasteiger partial charge >= 0.3 is 0 Å². The largest absolute Gasteiger partial charge is 0.497 e. The Morgan fingerprint density at radius 2 is 1.71 bits per heavy atom. The van der Waals surface area contributed by atoms with Crippen molar-refractivity contribution < 1.29 is 14.0 Å². The summed E-state index contributed by atoms with van der Waals surface area (Å²) in [6.45, 7) is 12.9. The lowest BCUT2D eigenvalue weighted by Gasteiger charge is -2.33. The van der Waals surface area contributed by atoms with Crippen LogP contribution in [-0.2, 0) is 4.53 Å². The lowest BCUT2D eigenvalue weighted by Crippen LogP contribution is -2.39. The highest BCUT2D eigenvalue weighted by atomic mass is 28.4. The maximum absolute atomic E-state index is 5.91. The van der Waals surface area contributed by atoms with Gasteiger partial charge in [-0.3, -0.25) is 0 Å². The van der Waals surface area contributed by atoms with E-state index in [9.17, 15) is 0 Å². The van der Waals surface area contributed by atoms with Crippen LogP contribution in [0.5, 0.6) is 11.5 Å². The zero-order chi connectivity index (χ0) is 16.3. The summed E-state index contributed by atoms with van der Waals surface area (Å²) in [6, 6.07) is 5.68. The maximum Gasteiger partial charge on any atom is 0.286 e. The monoisotopic (exact) mass is 309 g/mol. The minimum Gasteiger partial charge on any atom is -0.497 e. The van der Waals surface area contributed by atoms with Crippen molar-refractivity contribution in [2.75, 3.05) is 14.2 Å². The van der Waals surface area contributed by atoms with Crippen molar-refractivity contribution in [3.05, 3.63) is 23.8 Å². The van der Waals surface area contributed by atoms with Crippen LogP contribution in [0.2, 0.25) is 18.1 Å². The molecule has 1 aromatic carbocycles. The van der Waals surface area contributed by atoms with Crippen LogP contribution < -0.4 is 9.47 Å². The first-order valence-corrected chi connectivity index (χ1v) is 9.98. The molecule has 0 fully saturated rings. The Hall–Kier alpha value is -1.49. The highest BCUT2D eigenvalue weighted by Gasteiger charge is 2.39. The first kappa shape index (κ1) is 17.6. The molecule has 0 heterocycles. The van der Waals surface area contributed by atoms with Crippen LogP contribution in [0, 0.1) is 0 Å². The van der Waals surface area contributed by atoms with Crippen LogP contribution in [-0.4, -0.2) is 28.2 Å². The molecule has 0 saturated carbocycles. The molecule has 0 bridgehead atoms. The number of rotatable bonds is 5. The molecule has 0 atom stereocenters. The number of hydrogen-bond acceptors (Lipinski definition) is 4. The second kappa shape index (κ2) is 6.51. The molecule has 4 nitrogen and oxygen atoms in total. The van der Waals surface area contributed by atoms with Crippen LogP contribution in [0.15, 0.2) is 23.4 Å². The highest BCUT2D eigenvalue weighted by Crippen LogP contribution is 2.37. The Morgan fingerprint density at radius 1 is 1.10 bits per heavy atom.